The minimum atomic E-state index is -4.55. The van der Waals surface area contributed by atoms with E-state index in [4.69, 9.17) is 0 Å². The van der Waals surface area contributed by atoms with Gasteiger partial charge in [-0.25, -0.2) is 0 Å². The number of hydrogen-bond acceptors (Lipinski definition) is 5. The molecule has 1 amide bonds. The monoisotopic (exact) mass is 376 g/mol. The van der Waals surface area contributed by atoms with E-state index in [-0.39, 0.29) is 12.2 Å². The molecule has 0 saturated heterocycles. The first-order valence-corrected chi connectivity index (χ1v) is 7.90. The van der Waals surface area contributed by atoms with Gasteiger partial charge < -0.3 is 10.6 Å². The van der Waals surface area contributed by atoms with Crippen LogP contribution in [0, 0.1) is 6.92 Å². The van der Waals surface area contributed by atoms with E-state index in [0.717, 1.165) is 6.07 Å². The first kappa shape index (κ1) is 18.4. The molecule has 0 fully saturated rings. The zero-order chi connectivity index (χ0) is 19.4. The second-order valence-electron chi connectivity index (χ2n) is 5.63. The zero-order valence-corrected chi connectivity index (χ0v) is 14.2. The van der Waals surface area contributed by atoms with E-state index in [9.17, 15) is 18.0 Å². The predicted octanol–water partition coefficient (Wildman–Crippen LogP) is 3.04. The number of amides is 1. The largest absolute Gasteiger partial charge is 0.418 e. The van der Waals surface area contributed by atoms with E-state index in [1.54, 1.807) is 31.2 Å². The third-order valence-electron chi connectivity index (χ3n) is 3.68. The van der Waals surface area contributed by atoms with Crippen LogP contribution in [0.3, 0.4) is 0 Å². The number of benzene rings is 2. The number of anilines is 2. The maximum absolute atomic E-state index is 13.0. The van der Waals surface area contributed by atoms with E-state index in [0.29, 0.717) is 17.2 Å². The summed E-state index contributed by atoms with van der Waals surface area (Å²) in [7, 11) is 0. The predicted molar refractivity (Wildman–Crippen MR) is 92.5 cm³/mol. The number of carbonyl (C=O) groups is 1. The lowest BCUT2D eigenvalue weighted by atomic mass is 10.1. The summed E-state index contributed by atoms with van der Waals surface area (Å²) >= 11 is 0. The van der Waals surface area contributed by atoms with E-state index >= 15 is 0 Å². The molecule has 10 heteroatoms. The Morgan fingerprint density at radius 1 is 1.15 bits per heavy atom. The highest BCUT2D eigenvalue weighted by molar-refractivity contribution is 5.94. The van der Waals surface area contributed by atoms with Crippen molar-refractivity contribution in [3.63, 3.8) is 0 Å². The molecule has 140 valence electrons. The van der Waals surface area contributed by atoms with Gasteiger partial charge in [-0.05, 0) is 47.7 Å². The van der Waals surface area contributed by atoms with Gasteiger partial charge in [0.15, 0.2) is 5.82 Å². The summed E-state index contributed by atoms with van der Waals surface area (Å²) in [4.78, 5) is 12.1. The number of para-hydroxylation sites is 1. The quantitative estimate of drug-likeness (QED) is 0.715. The van der Waals surface area contributed by atoms with Crippen LogP contribution in [-0.4, -0.2) is 32.7 Å². The first-order chi connectivity index (χ1) is 12.8. The number of hydrogen-bond donors (Lipinski definition) is 2. The van der Waals surface area contributed by atoms with Gasteiger partial charge in [0, 0.05) is 5.69 Å². The smallest absolute Gasteiger partial charge is 0.376 e. The molecular formula is C17H15F3N6O. The van der Waals surface area contributed by atoms with Crippen LogP contribution >= 0.6 is 0 Å². The number of rotatable bonds is 5. The van der Waals surface area contributed by atoms with Crippen LogP contribution in [0.2, 0.25) is 0 Å². The Labute approximate surface area is 152 Å². The fraction of sp³-hybridized carbons (Fsp3) is 0.176. The van der Waals surface area contributed by atoms with Crippen LogP contribution in [0.15, 0.2) is 48.5 Å². The number of tetrazole rings is 1. The molecular weight excluding hydrogens is 361 g/mol. The Bertz CT molecular complexity index is 954. The molecule has 0 radical (unpaired) electrons. The molecule has 0 unspecified atom stereocenters. The van der Waals surface area contributed by atoms with E-state index < -0.39 is 17.6 Å². The van der Waals surface area contributed by atoms with Gasteiger partial charge in [-0.1, -0.05) is 18.2 Å². The molecule has 2 N–H and O–H groups in total. The average Bonchev–Trinajstić information content (AvgIpc) is 3.06. The Balaban J connectivity index is 1.66. The molecule has 3 rings (SSSR count). The van der Waals surface area contributed by atoms with Crippen molar-refractivity contribution in [2.75, 3.05) is 17.2 Å². The summed E-state index contributed by atoms with van der Waals surface area (Å²) in [6, 6.07) is 11.8. The lowest BCUT2D eigenvalue weighted by Crippen LogP contribution is -2.23. The van der Waals surface area contributed by atoms with Crippen molar-refractivity contribution in [2.24, 2.45) is 0 Å². The fourth-order valence-electron chi connectivity index (χ4n) is 2.43. The zero-order valence-electron chi connectivity index (χ0n) is 14.2. The van der Waals surface area contributed by atoms with Crippen molar-refractivity contribution in [3.8, 4) is 5.69 Å². The van der Waals surface area contributed by atoms with Gasteiger partial charge in [0.05, 0.1) is 23.5 Å². The maximum Gasteiger partial charge on any atom is 0.418 e. The minimum absolute atomic E-state index is 0.204. The molecule has 0 aliphatic carbocycles. The average molecular weight is 376 g/mol. The van der Waals surface area contributed by atoms with Gasteiger partial charge in [0.2, 0.25) is 5.91 Å². The van der Waals surface area contributed by atoms with Crippen LogP contribution in [0.1, 0.15) is 11.4 Å². The van der Waals surface area contributed by atoms with E-state index in [1.165, 1.54) is 22.9 Å². The first-order valence-electron chi connectivity index (χ1n) is 7.90. The highest BCUT2D eigenvalue weighted by Gasteiger charge is 2.33. The summed E-state index contributed by atoms with van der Waals surface area (Å²) in [5.74, 6) is -0.00985. The number of aryl methyl sites for hydroxylation is 1. The van der Waals surface area contributed by atoms with Crippen LogP contribution in [0.25, 0.3) is 5.69 Å². The number of nitrogens with zero attached hydrogens (tertiary/aromatic N) is 4. The molecule has 0 aliphatic rings. The number of halogens is 3. The maximum atomic E-state index is 13.0. The van der Waals surface area contributed by atoms with Crippen LogP contribution < -0.4 is 10.6 Å². The second kappa shape index (κ2) is 7.44. The van der Waals surface area contributed by atoms with Crippen molar-refractivity contribution in [1.82, 2.24) is 20.2 Å². The fourth-order valence-corrected chi connectivity index (χ4v) is 2.43. The third-order valence-corrected chi connectivity index (χ3v) is 3.68. The minimum Gasteiger partial charge on any atom is -0.376 e. The molecule has 1 heterocycles. The van der Waals surface area contributed by atoms with Gasteiger partial charge in [-0.2, -0.15) is 17.9 Å². The Morgan fingerprint density at radius 2 is 1.93 bits per heavy atom. The highest BCUT2D eigenvalue weighted by Crippen LogP contribution is 2.34. The van der Waals surface area contributed by atoms with Gasteiger partial charge >= 0.3 is 6.18 Å². The molecule has 1 aromatic heterocycles. The lowest BCUT2D eigenvalue weighted by Gasteiger charge is -2.14. The summed E-state index contributed by atoms with van der Waals surface area (Å²) < 4.78 is 40.4. The Hall–Kier alpha value is -3.43. The van der Waals surface area contributed by atoms with E-state index in [1.807, 2.05) is 0 Å². The van der Waals surface area contributed by atoms with Crippen molar-refractivity contribution < 1.29 is 18.0 Å². The molecule has 0 aliphatic heterocycles. The second-order valence-corrected chi connectivity index (χ2v) is 5.63. The van der Waals surface area contributed by atoms with Crippen LogP contribution in [0.4, 0.5) is 24.5 Å². The van der Waals surface area contributed by atoms with Crippen molar-refractivity contribution in [3.05, 3.63) is 59.9 Å². The normalized spacial score (nSPS) is 11.3. The molecule has 0 saturated carbocycles. The number of aromatic nitrogens is 4. The molecule has 0 atom stereocenters. The molecule has 0 bridgehead atoms. The van der Waals surface area contributed by atoms with Crippen molar-refractivity contribution >= 4 is 17.3 Å². The van der Waals surface area contributed by atoms with Crippen molar-refractivity contribution in [2.45, 2.75) is 13.1 Å². The molecule has 7 nitrogen and oxygen atoms in total. The molecule has 2 aromatic carbocycles. The standard InChI is InChI=1S/C17H15F3N6O/c1-11-23-24-25-26(11)13-6-4-5-12(9-13)21-10-16(27)22-15-8-3-2-7-14(15)17(18,19)20/h2-9,21H,10H2,1H3,(H,22,27). The van der Waals surface area contributed by atoms with E-state index in [2.05, 4.69) is 26.2 Å². The number of nitrogens with one attached hydrogen (secondary N) is 2. The van der Waals surface area contributed by atoms with Crippen LogP contribution in [0.5, 0.6) is 0 Å². The number of alkyl halides is 3. The topological polar surface area (TPSA) is 84.7 Å². The summed E-state index contributed by atoms with van der Waals surface area (Å²) in [6.07, 6.45) is -4.55. The van der Waals surface area contributed by atoms with Crippen LogP contribution in [-0.2, 0) is 11.0 Å². The molecule has 0 spiro atoms. The van der Waals surface area contributed by atoms with Gasteiger partial charge in [0.25, 0.3) is 0 Å². The summed E-state index contributed by atoms with van der Waals surface area (Å²) in [6.45, 7) is 1.54. The lowest BCUT2D eigenvalue weighted by molar-refractivity contribution is -0.137. The van der Waals surface area contributed by atoms with Gasteiger partial charge in [0.1, 0.15) is 0 Å². The van der Waals surface area contributed by atoms with Crippen molar-refractivity contribution in [1.29, 1.82) is 0 Å². The molecule has 27 heavy (non-hydrogen) atoms. The SMILES string of the molecule is Cc1nnnn1-c1cccc(NCC(=O)Nc2ccccc2C(F)(F)F)c1. The Morgan fingerprint density at radius 3 is 2.63 bits per heavy atom. The number of carbonyl (C=O) groups excluding carboxylic acids is 1. The van der Waals surface area contributed by atoms with Gasteiger partial charge in [-0.3, -0.25) is 4.79 Å². The Kier molecular flexibility index (Phi) is 5.06. The third kappa shape index (κ3) is 4.40. The highest BCUT2D eigenvalue weighted by atomic mass is 19.4. The van der Waals surface area contributed by atoms with Gasteiger partial charge in [-0.15, -0.1) is 5.10 Å². The molecule has 3 aromatic rings. The summed E-state index contributed by atoms with van der Waals surface area (Å²) in [5.41, 5.74) is 0.108. The summed E-state index contributed by atoms with van der Waals surface area (Å²) in [5, 5.41) is 16.4.